The van der Waals surface area contributed by atoms with E-state index < -0.39 is 31.2 Å². The molecule has 10 heteroatoms. The summed E-state index contributed by atoms with van der Waals surface area (Å²) >= 11 is 0. The van der Waals surface area contributed by atoms with Crippen LogP contribution in [-0.4, -0.2) is 41.0 Å². The standard InChI is InChI=1S/C19H22F3N3O4/c1-2-3-4-7-10-25-17(27)14-9-6-5-8-13(14)16(24-25)18(28)29-11-15(26)23-12-19(20,21)22/h5-6,8-9H,2-4,7,10-12H2,1H3,(H,23,26). The summed E-state index contributed by atoms with van der Waals surface area (Å²) in [5.74, 6) is -2.08. The molecular formula is C19H22F3N3O4. The number of hydrogen-bond acceptors (Lipinski definition) is 5. The van der Waals surface area contributed by atoms with E-state index in [1.54, 1.807) is 23.5 Å². The summed E-state index contributed by atoms with van der Waals surface area (Å²) < 4.78 is 42.3. The lowest BCUT2D eigenvalue weighted by Crippen LogP contribution is -2.36. The Bertz CT molecular complexity index is 925. The first-order valence-corrected chi connectivity index (χ1v) is 9.23. The van der Waals surface area contributed by atoms with Crippen LogP contribution >= 0.6 is 0 Å². The second kappa shape index (κ2) is 10.0. The van der Waals surface area contributed by atoms with Crippen LogP contribution < -0.4 is 10.9 Å². The fraction of sp³-hybridized carbons (Fsp3) is 0.474. The van der Waals surface area contributed by atoms with Gasteiger partial charge in [-0.05, 0) is 12.5 Å². The molecule has 0 fully saturated rings. The van der Waals surface area contributed by atoms with E-state index in [-0.39, 0.29) is 22.0 Å². The lowest BCUT2D eigenvalue weighted by atomic mass is 10.1. The zero-order valence-electron chi connectivity index (χ0n) is 15.9. The highest BCUT2D eigenvalue weighted by Gasteiger charge is 2.28. The molecule has 2 aromatic rings. The molecule has 7 nitrogen and oxygen atoms in total. The van der Waals surface area contributed by atoms with Crippen molar-refractivity contribution in [2.45, 2.75) is 45.3 Å². The number of fused-ring (bicyclic) bond motifs is 1. The predicted octanol–water partition coefficient (Wildman–Crippen LogP) is 2.81. The van der Waals surface area contributed by atoms with Crippen LogP contribution in [0.15, 0.2) is 29.1 Å². The minimum absolute atomic E-state index is 0.167. The molecule has 1 N–H and O–H groups in total. The number of nitrogens with zero attached hydrogens (tertiary/aromatic N) is 2. The molecule has 0 unspecified atom stereocenters. The summed E-state index contributed by atoms with van der Waals surface area (Å²) in [6.07, 6.45) is -0.937. The number of unbranched alkanes of at least 4 members (excludes halogenated alkanes) is 3. The summed E-state index contributed by atoms with van der Waals surface area (Å²) in [4.78, 5) is 36.4. The summed E-state index contributed by atoms with van der Waals surface area (Å²) in [5.41, 5.74) is -0.518. The topological polar surface area (TPSA) is 90.3 Å². The first-order chi connectivity index (χ1) is 13.7. The number of carbonyl (C=O) groups is 2. The Kier molecular flexibility index (Phi) is 7.74. The smallest absolute Gasteiger partial charge is 0.405 e. The molecular weight excluding hydrogens is 391 g/mol. The van der Waals surface area contributed by atoms with Crippen molar-refractivity contribution >= 4 is 22.6 Å². The number of alkyl halides is 3. The third-order valence-corrected chi connectivity index (χ3v) is 4.10. The summed E-state index contributed by atoms with van der Waals surface area (Å²) in [6.45, 7) is -0.0385. The summed E-state index contributed by atoms with van der Waals surface area (Å²) in [7, 11) is 0. The van der Waals surface area contributed by atoms with E-state index in [1.165, 1.54) is 10.7 Å². The van der Waals surface area contributed by atoms with Crippen LogP contribution in [0.3, 0.4) is 0 Å². The molecule has 0 bridgehead atoms. The highest BCUT2D eigenvalue weighted by Crippen LogP contribution is 2.15. The summed E-state index contributed by atoms with van der Waals surface area (Å²) in [6, 6.07) is 6.33. The second-order valence-corrected chi connectivity index (χ2v) is 6.45. The monoisotopic (exact) mass is 413 g/mol. The molecule has 2 rings (SSSR count). The minimum atomic E-state index is -4.56. The quantitative estimate of drug-likeness (QED) is 0.504. The molecule has 1 aromatic carbocycles. The molecule has 0 saturated carbocycles. The lowest BCUT2D eigenvalue weighted by Gasteiger charge is -2.11. The molecule has 1 amide bonds. The number of carbonyl (C=O) groups excluding carboxylic acids is 2. The first kappa shape index (κ1) is 22.4. The molecule has 0 aliphatic rings. The van der Waals surface area contributed by atoms with Crippen molar-refractivity contribution in [3.8, 4) is 0 Å². The molecule has 0 saturated heterocycles. The third kappa shape index (κ3) is 6.58. The number of amides is 1. The maximum atomic E-state index is 12.6. The van der Waals surface area contributed by atoms with Crippen LogP contribution in [0.25, 0.3) is 10.8 Å². The normalized spacial score (nSPS) is 11.4. The van der Waals surface area contributed by atoms with E-state index in [4.69, 9.17) is 4.74 Å². The molecule has 29 heavy (non-hydrogen) atoms. The van der Waals surface area contributed by atoms with Crippen molar-refractivity contribution in [1.29, 1.82) is 0 Å². The Morgan fingerprint density at radius 2 is 1.83 bits per heavy atom. The fourth-order valence-electron chi connectivity index (χ4n) is 2.68. The van der Waals surface area contributed by atoms with Gasteiger partial charge in [-0.3, -0.25) is 9.59 Å². The highest BCUT2D eigenvalue weighted by molar-refractivity contribution is 6.02. The molecule has 1 aromatic heterocycles. The van der Waals surface area contributed by atoms with Crippen LogP contribution in [0, 0.1) is 0 Å². The van der Waals surface area contributed by atoms with Gasteiger partial charge in [-0.25, -0.2) is 9.48 Å². The van der Waals surface area contributed by atoms with Crippen LogP contribution in [0.5, 0.6) is 0 Å². The van der Waals surface area contributed by atoms with Crippen molar-refractivity contribution in [3.05, 3.63) is 40.3 Å². The largest absolute Gasteiger partial charge is 0.451 e. The number of benzene rings is 1. The van der Waals surface area contributed by atoms with Crippen molar-refractivity contribution in [1.82, 2.24) is 15.1 Å². The number of hydrogen-bond donors (Lipinski definition) is 1. The maximum absolute atomic E-state index is 12.6. The Balaban J connectivity index is 2.17. The van der Waals surface area contributed by atoms with Crippen molar-refractivity contribution in [3.63, 3.8) is 0 Å². The molecule has 158 valence electrons. The number of nitrogens with one attached hydrogen (secondary N) is 1. The van der Waals surface area contributed by atoms with Gasteiger partial charge >= 0.3 is 12.1 Å². The summed E-state index contributed by atoms with van der Waals surface area (Å²) in [5, 5.41) is 6.21. The van der Waals surface area contributed by atoms with E-state index in [1.807, 2.05) is 0 Å². The Labute approximate surface area is 164 Å². The SMILES string of the molecule is CCCCCCn1nc(C(=O)OCC(=O)NCC(F)(F)F)c2ccccc2c1=O. The number of aryl methyl sites for hydroxylation is 1. The van der Waals surface area contributed by atoms with Gasteiger partial charge in [-0.2, -0.15) is 18.3 Å². The van der Waals surface area contributed by atoms with Gasteiger partial charge in [0.2, 0.25) is 0 Å². The zero-order valence-corrected chi connectivity index (χ0v) is 15.9. The van der Waals surface area contributed by atoms with Crippen LogP contribution in [0.2, 0.25) is 0 Å². The molecule has 0 radical (unpaired) electrons. The van der Waals surface area contributed by atoms with Crippen molar-refractivity contribution < 1.29 is 27.5 Å². The fourth-order valence-corrected chi connectivity index (χ4v) is 2.68. The van der Waals surface area contributed by atoms with Gasteiger partial charge in [0.15, 0.2) is 12.3 Å². The van der Waals surface area contributed by atoms with Gasteiger partial charge in [0, 0.05) is 11.9 Å². The number of halogens is 3. The van der Waals surface area contributed by atoms with Gasteiger partial charge in [-0.1, -0.05) is 44.4 Å². The number of rotatable bonds is 9. The van der Waals surface area contributed by atoms with E-state index in [2.05, 4.69) is 12.0 Å². The molecule has 1 heterocycles. The van der Waals surface area contributed by atoms with Gasteiger partial charge in [-0.15, -0.1) is 0 Å². The van der Waals surface area contributed by atoms with Crippen molar-refractivity contribution in [2.24, 2.45) is 0 Å². The minimum Gasteiger partial charge on any atom is -0.451 e. The van der Waals surface area contributed by atoms with E-state index >= 15 is 0 Å². The highest BCUT2D eigenvalue weighted by atomic mass is 19.4. The maximum Gasteiger partial charge on any atom is 0.405 e. The van der Waals surface area contributed by atoms with Crippen LogP contribution in [0.1, 0.15) is 43.1 Å². The molecule has 0 aliphatic heterocycles. The lowest BCUT2D eigenvalue weighted by molar-refractivity contribution is -0.140. The van der Waals surface area contributed by atoms with Crippen molar-refractivity contribution in [2.75, 3.05) is 13.2 Å². The van der Waals surface area contributed by atoms with Gasteiger partial charge < -0.3 is 10.1 Å². The van der Waals surface area contributed by atoms with Gasteiger partial charge in [0.1, 0.15) is 6.54 Å². The van der Waals surface area contributed by atoms with Crippen LogP contribution in [-0.2, 0) is 16.1 Å². The van der Waals surface area contributed by atoms with E-state index in [0.29, 0.717) is 13.0 Å². The number of esters is 1. The Morgan fingerprint density at radius 3 is 2.48 bits per heavy atom. The van der Waals surface area contributed by atoms with E-state index in [0.717, 1.165) is 19.3 Å². The van der Waals surface area contributed by atoms with Gasteiger partial charge in [0.25, 0.3) is 11.5 Å². The average Bonchev–Trinajstić information content (AvgIpc) is 2.69. The second-order valence-electron chi connectivity index (χ2n) is 6.45. The Morgan fingerprint density at radius 1 is 1.14 bits per heavy atom. The average molecular weight is 413 g/mol. The molecule has 0 atom stereocenters. The number of aromatic nitrogens is 2. The molecule has 0 spiro atoms. The Hall–Kier alpha value is -2.91. The third-order valence-electron chi connectivity index (χ3n) is 4.10. The van der Waals surface area contributed by atoms with Crippen LogP contribution in [0.4, 0.5) is 13.2 Å². The predicted molar refractivity (Wildman–Crippen MR) is 99.5 cm³/mol. The first-order valence-electron chi connectivity index (χ1n) is 9.23. The van der Waals surface area contributed by atoms with E-state index in [9.17, 15) is 27.6 Å². The van der Waals surface area contributed by atoms with Gasteiger partial charge in [0.05, 0.1) is 5.39 Å². The zero-order chi connectivity index (χ0) is 21.4. The molecule has 0 aliphatic carbocycles. The number of ether oxygens (including phenoxy) is 1.